The van der Waals surface area contributed by atoms with Gasteiger partial charge in [0, 0.05) is 33.9 Å². The lowest BCUT2D eigenvalue weighted by Gasteiger charge is -2.27. The molecule has 144 valence electrons. The van der Waals surface area contributed by atoms with E-state index in [4.69, 9.17) is 4.74 Å². The molecule has 3 heterocycles. The van der Waals surface area contributed by atoms with Crippen molar-refractivity contribution in [2.75, 3.05) is 13.6 Å². The molecule has 2 saturated heterocycles. The maximum Gasteiger partial charge on any atom is 0.311 e. The van der Waals surface area contributed by atoms with Gasteiger partial charge in [-0.15, -0.1) is 11.3 Å². The number of nitrogens with zero attached hydrogens (tertiary/aromatic N) is 2. The average molecular weight is 443 g/mol. The fourth-order valence-corrected chi connectivity index (χ4v) is 5.52. The minimum atomic E-state index is -0.464. The molecule has 1 aromatic heterocycles. The Morgan fingerprint density at radius 3 is 2.73 bits per heavy atom. The van der Waals surface area contributed by atoms with E-state index in [1.165, 1.54) is 0 Å². The molecule has 3 rings (SSSR count). The number of hydrogen-bond acceptors (Lipinski definition) is 5. The van der Waals surface area contributed by atoms with Gasteiger partial charge in [-0.3, -0.25) is 14.5 Å². The molecule has 26 heavy (non-hydrogen) atoms. The van der Waals surface area contributed by atoms with E-state index in [1.54, 1.807) is 16.2 Å². The first-order chi connectivity index (χ1) is 12.1. The van der Waals surface area contributed by atoms with Crippen molar-refractivity contribution in [2.24, 2.45) is 5.92 Å². The molecule has 0 N–H and O–H groups in total. The molecule has 0 radical (unpaired) electrons. The summed E-state index contributed by atoms with van der Waals surface area (Å²) in [7, 11) is 1.85. The van der Waals surface area contributed by atoms with Crippen LogP contribution in [0.25, 0.3) is 0 Å². The van der Waals surface area contributed by atoms with Crippen LogP contribution in [0.1, 0.15) is 44.9 Å². The van der Waals surface area contributed by atoms with Crippen LogP contribution in [0.2, 0.25) is 0 Å². The zero-order valence-electron chi connectivity index (χ0n) is 15.8. The summed E-state index contributed by atoms with van der Waals surface area (Å²) >= 11 is 5.10. The van der Waals surface area contributed by atoms with Crippen molar-refractivity contribution >= 4 is 39.1 Å². The molecular formula is C19H27BrN2O3S. The molecule has 2 aliphatic rings. The molecule has 2 aliphatic heterocycles. The molecular weight excluding hydrogens is 416 g/mol. The lowest BCUT2D eigenvalue weighted by molar-refractivity contribution is -0.161. The molecule has 2 bridgehead atoms. The van der Waals surface area contributed by atoms with Gasteiger partial charge in [0.1, 0.15) is 5.60 Å². The second-order valence-electron chi connectivity index (χ2n) is 8.33. The zero-order valence-corrected chi connectivity index (χ0v) is 18.2. The van der Waals surface area contributed by atoms with Gasteiger partial charge in [0.05, 0.1) is 19.0 Å². The number of likely N-dealkylation sites (N-methyl/N-ethyl adjacent to an activating group) is 1. The minimum absolute atomic E-state index is 0.0978. The molecule has 2 fully saturated rings. The van der Waals surface area contributed by atoms with Crippen molar-refractivity contribution < 1.29 is 14.3 Å². The first kappa shape index (κ1) is 19.8. The van der Waals surface area contributed by atoms with E-state index in [-0.39, 0.29) is 23.8 Å². The Labute approximate surface area is 167 Å². The van der Waals surface area contributed by atoms with Crippen molar-refractivity contribution in [3.8, 4) is 0 Å². The van der Waals surface area contributed by atoms with Crippen molar-refractivity contribution in [1.82, 2.24) is 9.80 Å². The normalized spacial score (nSPS) is 25.5. The van der Waals surface area contributed by atoms with E-state index in [9.17, 15) is 9.59 Å². The third-order valence-corrected chi connectivity index (χ3v) is 6.83. The molecule has 0 saturated carbocycles. The molecule has 7 heteroatoms. The maximum absolute atomic E-state index is 12.7. The minimum Gasteiger partial charge on any atom is -0.460 e. The van der Waals surface area contributed by atoms with Gasteiger partial charge in [0.15, 0.2) is 0 Å². The Hall–Kier alpha value is -0.920. The second kappa shape index (κ2) is 7.60. The highest BCUT2D eigenvalue weighted by atomic mass is 79.9. The number of rotatable bonds is 5. The Balaban J connectivity index is 1.58. The molecule has 1 aromatic rings. The summed E-state index contributed by atoms with van der Waals surface area (Å²) in [6, 6.07) is 2.51. The van der Waals surface area contributed by atoms with Crippen LogP contribution in [0.5, 0.6) is 0 Å². The van der Waals surface area contributed by atoms with Gasteiger partial charge < -0.3 is 9.64 Å². The van der Waals surface area contributed by atoms with Crippen LogP contribution in [0.15, 0.2) is 15.9 Å². The summed E-state index contributed by atoms with van der Waals surface area (Å²) in [6.45, 7) is 6.71. The number of thiophene rings is 1. The van der Waals surface area contributed by atoms with Crippen molar-refractivity contribution in [1.29, 1.82) is 0 Å². The van der Waals surface area contributed by atoms with E-state index in [1.807, 2.05) is 39.3 Å². The molecule has 3 atom stereocenters. The number of esters is 1. The van der Waals surface area contributed by atoms with Crippen molar-refractivity contribution in [3.63, 3.8) is 0 Å². The fraction of sp³-hybridized carbons (Fsp3) is 0.684. The van der Waals surface area contributed by atoms with E-state index < -0.39 is 5.60 Å². The van der Waals surface area contributed by atoms with E-state index >= 15 is 0 Å². The number of amides is 1. The highest BCUT2D eigenvalue weighted by molar-refractivity contribution is 9.10. The molecule has 5 nitrogen and oxygen atoms in total. The Morgan fingerprint density at radius 1 is 1.38 bits per heavy atom. The fourth-order valence-electron chi connectivity index (χ4n) is 4.01. The highest BCUT2D eigenvalue weighted by Crippen LogP contribution is 2.42. The molecule has 0 aromatic carbocycles. The van der Waals surface area contributed by atoms with Gasteiger partial charge in [-0.2, -0.15) is 0 Å². The van der Waals surface area contributed by atoms with E-state index in [2.05, 4.69) is 20.8 Å². The SMILES string of the molecule is CN(Cc1cc(Br)cs1)C(=O)CN1[C@H]2CC[C@H]1[C@H](C(=O)OC(C)(C)C)C2. The smallest absolute Gasteiger partial charge is 0.311 e. The third-order valence-electron chi connectivity index (χ3n) is 5.15. The second-order valence-corrected chi connectivity index (χ2v) is 10.2. The van der Waals surface area contributed by atoms with Crippen molar-refractivity contribution in [2.45, 2.75) is 64.3 Å². The van der Waals surface area contributed by atoms with Gasteiger partial charge in [-0.1, -0.05) is 0 Å². The largest absolute Gasteiger partial charge is 0.460 e. The Morgan fingerprint density at radius 2 is 2.12 bits per heavy atom. The number of fused-ring (bicyclic) bond motifs is 2. The van der Waals surface area contributed by atoms with E-state index in [0.29, 0.717) is 19.1 Å². The van der Waals surface area contributed by atoms with Crippen molar-refractivity contribution in [3.05, 3.63) is 20.8 Å². The first-order valence-corrected chi connectivity index (χ1v) is 10.8. The number of hydrogen-bond donors (Lipinski definition) is 0. The lowest BCUT2D eigenvalue weighted by Crippen LogP contribution is -2.42. The summed E-state index contributed by atoms with van der Waals surface area (Å²) in [5.41, 5.74) is -0.464. The lowest BCUT2D eigenvalue weighted by atomic mass is 9.89. The van der Waals surface area contributed by atoms with E-state index in [0.717, 1.165) is 28.6 Å². The number of carbonyl (C=O) groups excluding carboxylic acids is 2. The summed E-state index contributed by atoms with van der Waals surface area (Å²) in [5.74, 6) is -0.102. The molecule has 0 aliphatic carbocycles. The topological polar surface area (TPSA) is 49.9 Å². The van der Waals surface area contributed by atoms with Crippen LogP contribution in [0, 0.1) is 5.92 Å². The van der Waals surface area contributed by atoms with Gasteiger partial charge >= 0.3 is 5.97 Å². The van der Waals surface area contributed by atoms with Crippen LogP contribution >= 0.6 is 27.3 Å². The molecule has 0 spiro atoms. The summed E-state index contributed by atoms with van der Waals surface area (Å²) in [6.07, 6.45) is 2.86. The molecule has 0 unspecified atom stereocenters. The number of ether oxygens (including phenoxy) is 1. The van der Waals surface area contributed by atoms with Crippen LogP contribution in [-0.2, 0) is 20.9 Å². The third kappa shape index (κ3) is 4.49. The Bertz CT molecular complexity index is 685. The van der Waals surface area contributed by atoms with Crippen LogP contribution in [0.4, 0.5) is 0 Å². The summed E-state index contributed by atoms with van der Waals surface area (Å²) in [4.78, 5) is 30.4. The monoisotopic (exact) mass is 442 g/mol. The average Bonchev–Trinajstić information content (AvgIpc) is 3.20. The highest BCUT2D eigenvalue weighted by Gasteiger charge is 2.50. The predicted octanol–water partition coefficient (Wildman–Crippen LogP) is 3.66. The van der Waals surface area contributed by atoms with Crippen LogP contribution in [-0.4, -0.2) is 53.0 Å². The number of halogens is 1. The van der Waals surface area contributed by atoms with Gasteiger partial charge in [-0.05, 0) is 62.0 Å². The van der Waals surface area contributed by atoms with Crippen LogP contribution < -0.4 is 0 Å². The number of carbonyl (C=O) groups is 2. The van der Waals surface area contributed by atoms with Gasteiger partial charge in [-0.25, -0.2) is 0 Å². The maximum atomic E-state index is 12.7. The summed E-state index contributed by atoms with van der Waals surface area (Å²) < 4.78 is 6.64. The Kier molecular flexibility index (Phi) is 5.80. The molecule has 1 amide bonds. The quantitative estimate of drug-likeness (QED) is 0.652. The zero-order chi connectivity index (χ0) is 19.1. The van der Waals surface area contributed by atoms with Crippen LogP contribution in [0.3, 0.4) is 0 Å². The standard InChI is InChI=1S/C19H27BrN2O3S/c1-19(2,3)25-18(24)15-8-13-5-6-16(15)22(13)10-17(23)21(4)9-14-7-12(20)11-26-14/h7,11,13,15-16H,5-6,8-10H2,1-4H3/t13-,15+,16-/m0/s1. The summed E-state index contributed by atoms with van der Waals surface area (Å²) in [5, 5.41) is 2.03. The predicted molar refractivity (Wildman–Crippen MR) is 106 cm³/mol. The first-order valence-electron chi connectivity index (χ1n) is 9.09. The van der Waals surface area contributed by atoms with Gasteiger partial charge in [0.25, 0.3) is 0 Å². The van der Waals surface area contributed by atoms with Gasteiger partial charge in [0.2, 0.25) is 5.91 Å².